The standard InChI is InChI=1S/C7H17N3O2S/c1-2-4-7(8)10-5-3-6-13(9,11)12/h2-6H2,1H3,(H2,8,10)(H2,9,11,12). The van der Waals surface area contributed by atoms with Gasteiger partial charge in [-0.25, -0.2) is 13.6 Å². The Morgan fingerprint density at radius 1 is 1.46 bits per heavy atom. The van der Waals surface area contributed by atoms with Gasteiger partial charge in [0.1, 0.15) is 0 Å². The third kappa shape index (κ3) is 9.29. The van der Waals surface area contributed by atoms with E-state index < -0.39 is 10.0 Å². The monoisotopic (exact) mass is 207 g/mol. The van der Waals surface area contributed by atoms with Gasteiger partial charge in [-0.15, -0.1) is 0 Å². The van der Waals surface area contributed by atoms with Crippen LogP contribution in [0.15, 0.2) is 4.99 Å². The molecule has 0 fully saturated rings. The molecule has 0 aromatic heterocycles. The molecule has 0 rings (SSSR count). The molecule has 0 amide bonds. The van der Waals surface area contributed by atoms with Crippen LogP contribution >= 0.6 is 0 Å². The Morgan fingerprint density at radius 2 is 2.08 bits per heavy atom. The van der Waals surface area contributed by atoms with Crippen molar-refractivity contribution in [2.24, 2.45) is 15.9 Å². The van der Waals surface area contributed by atoms with Gasteiger partial charge in [-0.1, -0.05) is 6.92 Å². The number of hydrogen-bond donors (Lipinski definition) is 2. The van der Waals surface area contributed by atoms with Crippen LogP contribution in [0.5, 0.6) is 0 Å². The van der Waals surface area contributed by atoms with Crippen molar-refractivity contribution >= 4 is 15.9 Å². The highest BCUT2D eigenvalue weighted by molar-refractivity contribution is 7.89. The van der Waals surface area contributed by atoms with Crippen LogP contribution in [-0.4, -0.2) is 26.6 Å². The second kappa shape index (κ2) is 5.93. The normalized spacial score (nSPS) is 13.2. The molecule has 0 saturated heterocycles. The first-order valence-corrected chi connectivity index (χ1v) is 5.96. The lowest BCUT2D eigenvalue weighted by molar-refractivity contribution is 0.595. The zero-order valence-corrected chi connectivity index (χ0v) is 8.68. The van der Waals surface area contributed by atoms with Crippen molar-refractivity contribution < 1.29 is 8.42 Å². The first-order chi connectivity index (χ1) is 5.95. The molecule has 0 aliphatic carbocycles. The van der Waals surface area contributed by atoms with Crippen LogP contribution in [0.1, 0.15) is 26.2 Å². The summed E-state index contributed by atoms with van der Waals surface area (Å²) in [4.78, 5) is 3.99. The molecule has 0 aliphatic heterocycles. The van der Waals surface area contributed by atoms with Crippen molar-refractivity contribution in [1.82, 2.24) is 0 Å². The average molecular weight is 207 g/mol. The largest absolute Gasteiger partial charge is 0.387 e. The van der Waals surface area contributed by atoms with E-state index in [1.54, 1.807) is 0 Å². The quantitative estimate of drug-likeness (QED) is 0.359. The highest BCUT2D eigenvalue weighted by atomic mass is 32.2. The first-order valence-electron chi connectivity index (χ1n) is 4.25. The van der Waals surface area contributed by atoms with Crippen LogP contribution in [0.4, 0.5) is 0 Å². The third-order valence-electron chi connectivity index (χ3n) is 1.41. The Labute approximate surface area is 79.3 Å². The molecular weight excluding hydrogens is 190 g/mol. The van der Waals surface area contributed by atoms with E-state index in [2.05, 4.69) is 4.99 Å². The lowest BCUT2D eigenvalue weighted by Crippen LogP contribution is -2.18. The number of sulfonamides is 1. The second-order valence-electron chi connectivity index (χ2n) is 2.84. The van der Waals surface area contributed by atoms with E-state index in [9.17, 15) is 8.42 Å². The van der Waals surface area contributed by atoms with Gasteiger partial charge in [-0.3, -0.25) is 4.99 Å². The van der Waals surface area contributed by atoms with Crippen LogP contribution in [-0.2, 0) is 10.0 Å². The van der Waals surface area contributed by atoms with Crippen LogP contribution < -0.4 is 10.9 Å². The number of rotatable bonds is 6. The second-order valence-corrected chi connectivity index (χ2v) is 4.58. The molecule has 0 aliphatic rings. The highest BCUT2D eigenvalue weighted by Gasteiger charge is 2.00. The summed E-state index contributed by atoms with van der Waals surface area (Å²) in [6.07, 6.45) is 2.14. The van der Waals surface area contributed by atoms with Crippen molar-refractivity contribution in [3.63, 3.8) is 0 Å². The molecule has 0 bridgehead atoms. The van der Waals surface area contributed by atoms with E-state index in [1.165, 1.54) is 0 Å². The number of aliphatic imine (C=N–C) groups is 1. The molecule has 0 atom stereocenters. The van der Waals surface area contributed by atoms with Gasteiger partial charge in [0.2, 0.25) is 10.0 Å². The Morgan fingerprint density at radius 3 is 2.54 bits per heavy atom. The molecule has 6 heteroatoms. The molecule has 5 nitrogen and oxygen atoms in total. The maximum Gasteiger partial charge on any atom is 0.209 e. The lowest BCUT2D eigenvalue weighted by atomic mass is 10.3. The van der Waals surface area contributed by atoms with Gasteiger partial charge >= 0.3 is 0 Å². The van der Waals surface area contributed by atoms with Crippen molar-refractivity contribution in [2.75, 3.05) is 12.3 Å². The van der Waals surface area contributed by atoms with Gasteiger partial charge in [-0.2, -0.15) is 0 Å². The Kier molecular flexibility index (Phi) is 5.65. The van der Waals surface area contributed by atoms with Crippen LogP contribution in [0, 0.1) is 0 Å². The Hall–Kier alpha value is -0.620. The van der Waals surface area contributed by atoms with Gasteiger partial charge in [-0.05, 0) is 12.8 Å². The van der Waals surface area contributed by atoms with Crippen LogP contribution in [0.2, 0.25) is 0 Å². The first kappa shape index (κ1) is 12.4. The number of nitrogens with zero attached hydrogens (tertiary/aromatic N) is 1. The van der Waals surface area contributed by atoms with E-state index in [-0.39, 0.29) is 5.75 Å². The summed E-state index contributed by atoms with van der Waals surface area (Å²) < 4.78 is 21.0. The van der Waals surface area contributed by atoms with E-state index in [0.717, 1.165) is 12.8 Å². The van der Waals surface area contributed by atoms with Gasteiger partial charge in [0, 0.05) is 13.0 Å². The maximum atomic E-state index is 10.5. The fourth-order valence-corrected chi connectivity index (χ4v) is 1.36. The Bertz CT molecular complexity index is 259. The molecule has 0 aromatic carbocycles. The molecule has 78 valence electrons. The van der Waals surface area contributed by atoms with Gasteiger partial charge in [0.05, 0.1) is 11.6 Å². The molecule has 4 N–H and O–H groups in total. The number of nitrogens with two attached hydrogens (primary N) is 2. The zero-order chi connectivity index (χ0) is 10.3. The summed E-state index contributed by atoms with van der Waals surface area (Å²) in [5.41, 5.74) is 5.50. The van der Waals surface area contributed by atoms with Crippen LogP contribution in [0.3, 0.4) is 0 Å². The smallest absolute Gasteiger partial charge is 0.209 e. The van der Waals surface area contributed by atoms with Gasteiger partial charge in [0.25, 0.3) is 0 Å². The third-order valence-corrected chi connectivity index (χ3v) is 2.27. The van der Waals surface area contributed by atoms with Gasteiger partial charge in [0.15, 0.2) is 0 Å². The maximum absolute atomic E-state index is 10.5. The van der Waals surface area contributed by atoms with Crippen molar-refractivity contribution in [3.05, 3.63) is 0 Å². The molecule has 0 heterocycles. The minimum atomic E-state index is -3.34. The molecule has 13 heavy (non-hydrogen) atoms. The van der Waals surface area contributed by atoms with E-state index >= 15 is 0 Å². The van der Waals surface area contributed by atoms with E-state index in [0.29, 0.717) is 18.8 Å². The summed E-state index contributed by atoms with van der Waals surface area (Å²) in [5.74, 6) is 0.549. The van der Waals surface area contributed by atoms with Crippen LogP contribution in [0.25, 0.3) is 0 Å². The molecule has 0 unspecified atom stereocenters. The highest BCUT2D eigenvalue weighted by Crippen LogP contribution is 1.90. The fraction of sp³-hybridized carbons (Fsp3) is 0.857. The minimum absolute atomic E-state index is 0.0318. The predicted octanol–water partition coefficient (Wildman–Crippen LogP) is -0.178. The van der Waals surface area contributed by atoms with E-state index in [1.807, 2.05) is 6.92 Å². The van der Waals surface area contributed by atoms with Crippen molar-refractivity contribution in [3.8, 4) is 0 Å². The molecule has 0 radical (unpaired) electrons. The molecular formula is C7H17N3O2S. The number of hydrogen-bond acceptors (Lipinski definition) is 3. The summed E-state index contributed by atoms with van der Waals surface area (Å²) in [5, 5.41) is 4.80. The summed E-state index contributed by atoms with van der Waals surface area (Å²) in [6.45, 7) is 2.44. The topological polar surface area (TPSA) is 98.5 Å². The molecule has 0 aromatic rings. The van der Waals surface area contributed by atoms with Crippen molar-refractivity contribution in [2.45, 2.75) is 26.2 Å². The zero-order valence-electron chi connectivity index (χ0n) is 7.86. The van der Waals surface area contributed by atoms with Crippen molar-refractivity contribution in [1.29, 1.82) is 0 Å². The lowest BCUT2D eigenvalue weighted by Gasteiger charge is -1.98. The molecule has 0 spiro atoms. The molecule has 0 saturated carbocycles. The fourth-order valence-electron chi connectivity index (χ4n) is 0.824. The van der Waals surface area contributed by atoms with Gasteiger partial charge < -0.3 is 5.73 Å². The SMILES string of the molecule is CCCC(N)=NCCCS(N)(=O)=O. The average Bonchev–Trinajstić information content (AvgIpc) is 1.97. The summed E-state index contributed by atoms with van der Waals surface area (Å²) >= 11 is 0. The summed E-state index contributed by atoms with van der Waals surface area (Å²) in [6, 6.07) is 0. The Balaban J connectivity index is 3.61. The predicted molar refractivity (Wildman–Crippen MR) is 54.0 cm³/mol. The number of amidine groups is 1. The summed E-state index contributed by atoms with van der Waals surface area (Å²) in [7, 11) is -3.34. The number of primary sulfonamides is 1. The minimum Gasteiger partial charge on any atom is -0.387 e. The van der Waals surface area contributed by atoms with E-state index in [4.69, 9.17) is 10.9 Å².